The lowest BCUT2D eigenvalue weighted by Gasteiger charge is -2.20. The molecule has 0 aliphatic carbocycles. The number of benzene rings is 2. The van der Waals surface area contributed by atoms with Crippen molar-refractivity contribution < 1.29 is 4.79 Å². The van der Waals surface area contributed by atoms with E-state index in [1.54, 1.807) is 6.07 Å². The fourth-order valence-electron chi connectivity index (χ4n) is 3.27. The van der Waals surface area contributed by atoms with E-state index in [9.17, 15) is 9.59 Å². The molecule has 0 saturated heterocycles. The molecule has 0 fully saturated rings. The Balaban J connectivity index is 1.51. The predicted molar refractivity (Wildman–Crippen MR) is 116 cm³/mol. The van der Waals surface area contributed by atoms with Crippen LogP contribution < -0.4 is 10.9 Å². The first-order chi connectivity index (χ1) is 14.1. The van der Waals surface area contributed by atoms with Crippen LogP contribution in [0.4, 0.5) is 0 Å². The van der Waals surface area contributed by atoms with Crippen LogP contribution in [-0.4, -0.2) is 15.5 Å². The number of carbonyl (C=O) groups is 1. The third-order valence-electron chi connectivity index (χ3n) is 4.88. The Morgan fingerprint density at radius 2 is 1.79 bits per heavy atom. The fraction of sp³-hybridized carbons (Fsp3) is 0.174. The number of nitrogens with zero attached hydrogens (tertiary/aromatic N) is 2. The molecule has 0 aliphatic rings. The third-order valence-corrected chi connectivity index (χ3v) is 5.70. The summed E-state index contributed by atoms with van der Waals surface area (Å²) in [6.45, 7) is 2.33. The molecule has 0 spiro atoms. The van der Waals surface area contributed by atoms with Gasteiger partial charge in [0.25, 0.3) is 5.56 Å². The number of nitrogens with one attached hydrogen (secondary N) is 1. The molecule has 6 heteroatoms. The Hall–Kier alpha value is -3.25. The van der Waals surface area contributed by atoms with Gasteiger partial charge < -0.3 is 5.32 Å². The minimum atomic E-state index is -0.237. The molecule has 146 valence electrons. The van der Waals surface area contributed by atoms with Crippen LogP contribution in [-0.2, 0) is 11.3 Å². The Kier molecular flexibility index (Phi) is 5.53. The van der Waals surface area contributed by atoms with Crippen molar-refractivity contribution in [2.75, 3.05) is 0 Å². The zero-order chi connectivity index (χ0) is 20.2. The van der Waals surface area contributed by atoms with Crippen molar-refractivity contribution in [3.8, 4) is 0 Å². The molecule has 1 amide bonds. The lowest BCUT2D eigenvalue weighted by atomic mass is 9.97. The highest BCUT2D eigenvalue weighted by atomic mass is 32.1. The van der Waals surface area contributed by atoms with Crippen molar-refractivity contribution in [3.05, 3.63) is 99.4 Å². The van der Waals surface area contributed by atoms with Gasteiger partial charge in [0.05, 0.1) is 17.8 Å². The van der Waals surface area contributed by atoms with E-state index in [-0.39, 0.29) is 23.9 Å². The number of carbonyl (C=O) groups excluding carboxylic acids is 1. The highest BCUT2D eigenvalue weighted by molar-refractivity contribution is 7.16. The maximum Gasteiger partial charge on any atom is 0.262 e. The Labute approximate surface area is 172 Å². The van der Waals surface area contributed by atoms with Crippen LogP contribution in [0.25, 0.3) is 10.2 Å². The molecule has 4 rings (SSSR count). The van der Waals surface area contributed by atoms with Crippen LogP contribution >= 0.6 is 11.3 Å². The van der Waals surface area contributed by atoms with Gasteiger partial charge in [-0.3, -0.25) is 14.2 Å². The Morgan fingerprint density at radius 3 is 2.55 bits per heavy atom. The lowest BCUT2D eigenvalue weighted by molar-refractivity contribution is -0.121. The Morgan fingerprint density at radius 1 is 1.07 bits per heavy atom. The molecule has 1 unspecified atom stereocenters. The highest BCUT2D eigenvalue weighted by Gasteiger charge is 2.17. The molecule has 0 saturated carbocycles. The normalized spacial score (nSPS) is 12.0. The molecule has 0 aliphatic heterocycles. The van der Waals surface area contributed by atoms with Gasteiger partial charge in [0, 0.05) is 13.0 Å². The average molecular weight is 404 g/mol. The van der Waals surface area contributed by atoms with E-state index in [4.69, 9.17) is 0 Å². The zero-order valence-electron chi connectivity index (χ0n) is 16.0. The first kappa shape index (κ1) is 19.1. The van der Waals surface area contributed by atoms with Crippen LogP contribution in [0.2, 0.25) is 0 Å². The first-order valence-electron chi connectivity index (χ1n) is 9.45. The number of amides is 1. The van der Waals surface area contributed by atoms with Crippen molar-refractivity contribution in [2.24, 2.45) is 0 Å². The van der Waals surface area contributed by atoms with Gasteiger partial charge in [-0.15, -0.1) is 11.3 Å². The number of hydrogen-bond donors (Lipinski definition) is 1. The van der Waals surface area contributed by atoms with E-state index >= 15 is 0 Å². The maximum absolute atomic E-state index is 12.7. The molecular formula is C23H21N3O2S. The van der Waals surface area contributed by atoms with Gasteiger partial charge in [0.2, 0.25) is 5.91 Å². The molecule has 0 radical (unpaired) electrons. The van der Waals surface area contributed by atoms with E-state index in [1.165, 1.54) is 27.8 Å². The standard InChI is InChI=1S/C23H21N3O2S/c1-16-7-9-18(10-8-16)21(17-5-3-2-4-6-17)25-20(27)11-13-26-15-24-22-19(23(26)28)12-14-29-22/h2-10,12,14-15,21H,11,13H2,1H3,(H,25,27). The topological polar surface area (TPSA) is 64.0 Å². The summed E-state index contributed by atoms with van der Waals surface area (Å²) in [4.78, 5) is 30.2. The van der Waals surface area contributed by atoms with Crippen LogP contribution in [0.3, 0.4) is 0 Å². The number of aromatic nitrogens is 2. The third kappa shape index (κ3) is 4.27. The summed E-state index contributed by atoms with van der Waals surface area (Å²) in [5.41, 5.74) is 3.10. The van der Waals surface area contributed by atoms with Crippen molar-refractivity contribution in [1.29, 1.82) is 0 Å². The average Bonchev–Trinajstić information content (AvgIpc) is 3.23. The number of thiophene rings is 1. The van der Waals surface area contributed by atoms with Gasteiger partial charge in [-0.05, 0) is 29.5 Å². The highest BCUT2D eigenvalue weighted by Crippen LogP contribution is 2.22. The van der Waals surface area contributed by atoms with E-state index in [0.29, 0.717) is 11.9 Å². The Bertz CT molecular complexity index is 1180. The number of aryl methyl sites for hydroxylation is 2. The van der Waals surface area contributed by atoms with Crippen molar-refractivity contribution >= 4 is 27.5 Å². The minimum absolute atomic E-state index is 0.109. The molecule has 1 atom stereocenters. The van der Waals surface area contributed by atoms with E-state index in [2.05, 4.69) is 10.3 Å². The molecule has 2 aromatic carbocycles. The van der Waals surface area contributed by atoms with Crippen LogP contribution in [0.1, 0.15) is 29.2 Å². The number of rotatable bonds is 6. The van der Waals surface area contributed by atoms with Gasteiger partial charge in [-0.2, -0.15) is 0 Å². The molecule has 29 heavy (non-hydrogen) atoms. The summed E-state index contributed by atoms with van der Waals surface area (Å²) in [6, 6.07) is 19.6. The second-order valence-corrected chi connectivity index (χ2v) is 7.85. The smallest absolute Gasteiger partial charge is 0.262 e. The van der Waals surface area contributed by atoms with Gasteiger partial charge in [-0.1, -0.05) is 60.2 Å². The van der Waals surface area contributed by atoms with Crippen molar-refractivity contribution in [3.63, 3.8) is 0 Å². The van der Waals surface area contributed by atoms with Gasteiger partial charge in [-0.25, -0.2) is 4.98 Å². The van der Waals surface area contributed by atoms with E-state index < -0.39 is 0 Å². The summed E-state index contributed by atoms with van der Waals surface area (Å²) < 4.78 is 1.50. The fourth-order valence-corrected chi connectivity index (χ4v) is 3.99. The van der Waals surface area contributed by atoms with Crippen molar-refractivity contribution in [1.82, 2.24) is 14.9 Å². The predicted octanol–water partition coefficient (Wildman–Crippen LogP) is 4.06. The van der Waals surface area contributed by atoms with Gasteiger partial charge in [0.1, 0.15) is 4.83 Å². The molecule has 5 nitrogen and oxygen atoms in total. The summed E-state index contributed by atoms with van der Waals surface area (Å²) >= 11 is 1.44. The van der Waals surface area contributed by atoms with Crippen LogP contribution in [0, 0.1) is 6.92 Å². The van der Waals surface area contributed by atoms with E-state index in [1.807, 2.05) is 66.9 Å². The number of hydrogen-bond acceptors (Lipinski definition) is 4. The number of fused-ring (bicyclic) bond motifs is 1. The largest absolute Gasteiger partial charge is 0.345 e. The molecule has 2 heterocycles. The summed E-state index contributed by atoms with van der Waals surface area (Å²) in [5, 5.41) is 5.56. The summed E-state index contributed by atoms with van der Waals surface area (Å²) in [6.07, 6.45) is 1.72. The summed E-state index contributed by atoms with van der Waals surface area (Å²) in [7, 11) is 0. The second-order valence-electron chi connectivity index (χ2n) is 6.95. The monoisotopic (exact) mass is 403 g/mol. The first-order valence-corrected chi connectivity index (χ1v) is 10.3. The van der Waals surface area contributed by atoms with Gasteiger partial charge in [0.15, 0.2) is 0 Å². The van der Waals surface area contributed by atoms with Crippen LogP contribution in [0.5, 0.6) is 0 Å². The minimum Gasteiger partial charge on any atom is -0.345 e. The lowest BCUT2D eigenvalue weighted by Crippen LogP contribution is -2.31. The van der Waals surface area contributed by atoms with Crippen molar-refractivity contribution in [2.45, 2.75) is 25.9 Å². The SMILES string of the molecule is Cc1ccc(C(NC(=O)CCn2cnc3sccc3c2=O)c2ccccc2)cc1. The molecule has 0 bridgehead atoms. The summed E-state index contributed by atoms with van der Waals surface area (Å²) in [5.74, 6) is -0.114. The second kappa shape index (κ2) is 8.41. The quantitative estimate of drug-likeness (QED) is 0.528. The van der Waals surface area contributed by atoms with E-state index in [0.717, 1.165) is 16.0 Å². The zero-order valence-corrected chi connectivity index (χ0v) is 16.9. The molecular weight excluding hydrogens is 382 g/mol. The molecule has 4 aromatic rings. The van der Waals surface area contributed by atoms with Gasteiger partial charge >= 0.3 is 0 Å². The maximum atomic E-state index is 12.7. The molecule has 2 aromatic heterocycles. The molecule has 1 N–H and O–H groups in total. The van der Waals surface area contributed by atoms with Crippen LogP contribution in [0.15, 0.2) is 77.2 Å².